The smallest absolute Gasteiger partial charge is 0.335 e. The number of ether oxygens (including phenoxy) is 1. The normalized spacial score (nSPS) is 10.5. The van der Waals surface area contributed by atoms with Crippen molar-refractivity contribution in [1.82, 2.24) is 9.78 Å². The zero-order chi connectivity index (χ0) is 14.5. The summed E-state index contributed by atoms with van der Waals surface area (Å²) in [5.41, 5.74) is 2.43. The van der Waals surface area contributed by atoms with E-state index in [1.165, 1.54) is 0 Å². The van der Waals surface area contributed by atoms with E-state index < -0.39 is 5.97 Å². The molecule has 0 aliphatic rings. The monoisotopic (exact) mass is 274 g/mol. The van der Waals surface area contributed by atoms with Crippen LogP contribution in [-0.2, 0) is 6.54 Å². The molecular weight excluding hydrogens is 256 g/mol. The van der Waals surface area contributed by atoms with Gasteiger partial charge < -0.3 is 9.84 Å². The van der Waals surface area contributed by atoms with Crippen molar-refractivity contribution in [3.05, 3.63) is 47.3 Å². The number of carboxylic acid groups (broad SMARTS) is 1. The Morgan fingerprint density at radius 3 is 2.55 bits per heavy atom. The Bertz CT molecular complexity index is 588. The van der Waals surface area contributed by atoms with Gasteiger partial charge in [-0.2, -0.15) is 5.10 Å². The van der Waals surface area contributed by atoms with Crippen molar-refractivity contribution in [1.29, 1.82) is 0 Å². The Morgan fingerprint density at radius 1 is 1.30 bits per heavy atom. The van der Waals surface area contributed by atoms with E-state index in [0.717, 1.165) is 24.4 Å². The maximum Gasteiger partial charge on any atom is 0.335 e. The molecule has 1 heterocycles. The number of aromatic carboxylic acids is 1. The van der Waals surface area contributed by atoms with Gasteiger partial charge in [-0.05, 0) is 44.2 Å². The number of hydrogen-bond acceptors (Lipinski definition) is 3. The lowest BCUT2D eigenvalue weighted by molar-refractivity contribution is 0.0697. The number of benzene rings is 1. The van der Waals surface area contributed by atoms with Crippen LogP contribution in [-0.4, -0.2) is 27.5 Å². The Kier molecular flexibility index (Phi) is 4.40. The quantitative estimate of drug-likeness (QED) is 0.822. The molecule has 5 heteroatoms. The molecule has 5 nitrogen and oxygen atoms in total. The summed E-state index contributed by atoms with van der Waals surface area (Å²) in [5, 5.41) is 13.2. The van der Waals surface area contributed by atoms with Crippen LogP contribution in [0.15, 0.2) is 30.3 Å². The first-order valence-corrected chi connectivity index (χ1v) is 6.53. The predicted molar refractivity (Wildman–Crippen MR) is 75.2 cm³/mol. The topological polar surface area (TPSA) is 64.3 Å². The summed E-state index contributed by atoms with van der Waals surface area (Å²) in [6.07, 6.45) is 0.850. The molecule has 0 atom stereocenters. The Hall–Kier alpha value is -2.30. The lowest BCUT2D eigenvalue weighted by atomic mass is 10.2. The molecule has 0 radical (unpaired) electrons. The van der Waals surface area contributed by atoms with Gasteiger partial charge in [0.15, 0.2) is 0 Å². The highest BCUT2D eigenvalue weighted by Gasteiger charge is 2.03. The van der Waals surface area contributed by atoms with Crippen molar-refractivity contribution in [2.45, 2.75) is 26.8 Å². The lowest BCUT2D eigenvalue weighted by Crippen LogP contribution is -2.07. The van der Waals surface area contributed by atoms with Gasteiger partial charge >= 0.3 is 5.97 Å². The molecule has 106 valence electrons. The molecule has 1 aromatic heterocycles. The van der Waals surface area contributed by atoms with Crippen LogP contribution in [0, 0.1) is 13.8 Å². The summed E-state index contributed by atoms with van der Waals surface area (Å²) >= 11 is 0. The van der Waals surface area contributed by atoms with E-state index in [9.17, 15) is 4.79 Å². The summed E-state index contributed by atoms with van der Waals surface area (Å²) in [7, 11) is 0. The van der Waals surface area contributed by atoms with Gasteiger partial charge in [0.1, 0.15) is 5.75 Å². The average Bonchev–Trinajstić information content (AvgIpc) is 2.73. The first-order valence-electron chi connectivity index (χ1n) is 6.53. The summed E-state index contributed by atoms with van der Waals surface area (Å²) < 4.78 is 7.54. The van der Waals surface area contributed by atoms with Crippen molar-refractivity contribution < 1.29 is 14.6 Å². The highest BCUT2D eigenvalue weighted by molar-refractivity contribution is 5.87. The highest BCUT2D eigenvalue weighted by Crippen LogP contribution is 2.12. The van der Waals surface area contributed by atoms with E-state index in [0.29, 0.717) is 12.4 Å². The second-order valence-corrected chi connectivity index (χ2v) is 4.68. The number of nitrogens with zero attached hydrogens (tertiary/aromatic N) is 2. The fraction of sp³-hybridized carbons (Fsp3) is 0.333. The predicted octanol–water partition coefficient (Wildman–Crippen LogP) is 2.67. The van der Waals surface area contributed by atoms with Crippen LogP contribution < -0.4 is 4.74 Å². The van der Waals surface area contributed by atoms with Crippen molar-refractivity contribution >= 4 is 5.97 Å². The fourth-order valence-corrected chi connectivity index (χ4v) is 2.00. The van der Waals surface area contributed by atoms with Gasteiger partial charge in [0, 0.05) is 18.7 Å². The van der Waals surface area contributed by atoms with E-state index in [-0.39, 0.29) is 5.56 Å². The first kappa shape index (κ1) is 14.1. The molecule has 2 rings (SSSR count). The van der Waals surface area contributed by atoms with Crippen LogP contribution in [0.4, 0.5) is 0 Å². The fourth-order valence-electron chi connectivity index (χ4n) is 2.00. The highest BCUT2D eigenvalue weighted by atomic mass is 16.5. The zero-order valence-electron chi connectivity index (χ0n) is 11.7. The summed E-state index contributed by atoms with van der Waals surface area (Å²) in [4.78, 5) is 10.7. The summed E-state index contributed by atoms with van der Waals surface area (Å²) in [5.74, 6) is -0.246. The third-order valence-corrected chi connectivity index (χ3v) is 2.99. The second-order valence-electron chi connectivity index (χ2n) is 4.68. The minimum absolute atomic E-state index is 0.264. The molecule has 0 bridgehead atoms. The van der Waals surface area contributed by atoms with Crippen LogP contribution in [0.5, 0.6) is 5.75 Å². The van der Waals surface area contributed by atoms with Gasteiger partial charge in [-0.25, -0.2) is 4.79 Å². The van der Waals surface area contributed by atoms with Crippen molar-refractivity contribution in [2.75, 3.05) is 6.61 Å². The minimum atomic E-state index is -0.930. The number of aromatic nitrogens is 2. The largest absolute Gasteiger partial charge is 0.494 e. The van der Waals surface area contributed by atoms with E-state index in [4.69, 9.17) is 9.84 Å². The summed E-state index contributed by atoms with van der Waals surface area (Å²) in [6.45, 7) is 5.40. The van der Waals surface area contributed by atoms with Crippen LogP contribution in [0.1, 0.15) is 28.2 Å². The maximum atomic E-state index is 10.7. The Balaban J connectivity index is 1.78. The molecule has 0 spiro atoms. The molecule has 1 aromatic carbocycles. The van der Waals surface area contributed by atoms with Gasteiger partial charge in [-0.1, -0.05) is 0 Å². The number of hydrogen-bond donors (Lipinski definition) is 1. The van der Waals surface area contributed by atoms with Gasteiger partial charge in [0.05, 0.1) is 17.9 Å². The molecule has 0 fully saturated rings. The Morgan fingerprint density at radius 2 is 2.00 bits per heavy atom. The first-order chi connectivity index (χ1) is 9.56. The molecule has 0 amide bonds. The van der Waals surface area contributed by atoms with Crippen LogP contribution in [0.25, 0.3) is 0 Å². The van der Waals surface area contributed by atoms with Crippen LogP contribution >= 0.6 is 0 Å². The maximum absolute atomic E-state index is 10.7. The number of carboxylic acids is 1. The molecule has 0 saturated heterocycles. The second kappa shape index (κ2) is 6.23. The third-order valence-electron chi connectivity index (χ3n) is 2.99. The standard InChI is InChI=1S/C15H18N2O3/c1-11-10-12(2)17(16-11)8-3-9-20-14-6-4-13(5-7-14)15(18)19/h4-7,10H,3,8-9H2,1-2H3,(H,18,19). The number of carbonyl (C=O) groups is 1. The van der Waals surface area contributed by atoms with Gasteiger partial charge in [0.2, 0.25) is 0 Å². The average molecular weight is 274 g/mol. The zero-order valence-corrected chi connectivity index (χ0v) is 11.7. The van der Waals surface area contributed by atoms with Crippen LogP contribution in [0.2, 0.25) is 0 Å². The van der Waals surface area contributed by atoms with Crippen LogP contribution in [0.3, 0.4) is 0 Å². The van der Waals surface area contributed by atoms with Crippen molar-refractivity contribution in [2.24, 2.45) is 0 Å². The molecule has 0 aliphatic heterocycles. The van der Waals surface area contributed by atoms with E-state index in [2.05, 4.69) is 5.10 Å². The molecule has 0 saturated carbocycles. The molecular formula is C15H18N2O3. The minimum Gasteiger partial charge on any atom is -0.494 e. The molecule has 0 aliphatic carbocycles. The molecule has 2 aromatic rings. The molecule has 1 N–H and O–H groups in total. The molecule has 20 heavy (non-hydrogen) atoms. The van der Waals surface area contributed by atoms with Crippen molar-refractivity contribution in [3.8, 4) is 5.75 Å². The summed E-state index contributed by atoms with van der Waals surface area (Å²) in [6, 6.07) is 8.47. The van der Waals surface area contributed by atoms with Gasteiger partial charge in [0.25, 0.3) is 0 Å². The van der Waals surface area contributed by atoms with Gasteiger partial charge in [-0.3, -0.25) is 4.68 Å². The van der Waals surface area contributed by atoms with Gasteiger partial charge in [-0.15, -0.1) is 0 Å². The van der Waals surface area contributed by atoms with E-state index >= 15 is 0 Å². The lowest BCUT2D eigenvalue weighted by Gasteiger charge is -2.07. The molecule has 0 unspecified atom stereocenters. The SMILES string of the molecule is Cc1cc(C)n(CCCOc2ccc(C(=O)O)cc2)n1. The third kappa shape index (κ3) is 3.60. The van der Waals surface area contributed by atoms with Crippen molar-refractivity contribution in [3.63, 3.8) is 0 Å². The van der Waals surface area contributed by atoms with E-state index in [1.807, 2.05) is 24.6 Å². The number of rotatable bonds is 6. The number of aryl methyl sites for hydroxylation is 3. The van der Waals surface area contributed by atoms with E-state index in [1.54, 1.807) is 24.3 Å². The Labute approximate surface area is 117 Å².